The fourth-order valence-corrected chi connectivity index (χ4v) is 4.78. The Morgan fingerprint density at radius 2 is 2.26 bits per heavy atom. The van der Waals surface area contributed by atoms with Crippen LogP contribution in [-0.2, 0) is 19.6 Å². The average molecular weight is 346 g/mol. The molecule has 2 N–H and O–H groups in total. The van der Waals surface area contributed by atoms with Crippen molar-refractivity contribution in [1.29, 1.82) is 0 Å². The first-order chi connectivity index (χ1) is 10.7. The van der Waals surface area contributed by atoms with Gasteiger partial charge in [-0.2, -0.15) is 4.31 Å². The molecular formula is C15H28N3O4S. The fourth-order valence-electron chi connectivity index (χ4n) is 3.87. The molecule has 23 heavy (non-hydrogen) atoms. The maximum atomic E-state index is 12.1. The number of carbonyl (C=O) groups excluding carboxylic acids is 1. The molecule has 2 heterocycles. The highest BCUT2D eigenvalue weighted by Gasteiger charge is 2.53. The van der Waals surface area contributed by atoms with Gasteiger partial charge in [-0.3, -0.25) is 9.69 Å². The molecule has 1 unspecified atom stereocenters. The first-order valence-corrected chi connectivity index (χ1v) is 9.95. The van der Waals surface area contributed by atoms with E-state index in [0.29, 0.717) is 25.6 Å². The lowest BCUT2D eigenvalue weighted by Crippen LogP contribution is -2.60. The van der Waals surface area contributed by atoms with Gasteiger partial charge in [0.1, 0.15) is 5.54 Å². The molecule has 7 nitrogen and oxygen atoms in total. The molecule has 2 saturated heterocycles. The normalized spacial score (nSPS) is 29.8. The zero-order valence-corrected chi connectivity index (χ0v) is 15.0. The molecule has 1 amide bonds. The number of fused-ring (bicyclic) bond motifs is 2. The minimum Gasteiger partial charge on any atom is -0.379 e. The molecule has 0 saturated carbocycles. The summed E-state index contributed by atoms with van der Waals surface area (Å²) in [5, 5.41) is 0. The topological polar surface area (TPSA) is 92.9 Å². The predicted octanol–water partition coefficient (Wildman–Crippen LogP) is -0.0305. The minimum atomic E-state index is -3.27. The summed E-state index contributed by atoms with van der Waals surface area (Å²) in [6.45, 7) is 3.01. The highest BCUT2D eigenvalue weighted by Crippen LogP contribution is 2.43. The second-order valence-electron chi connectivity index (χ2n) is 6.54. The summed E-state index contributed by atoms with van der Waals surface area (Å²) >= 11 is 0. The van der Waals surface area contributed by atoms with Crippen molar-refractivity contribution < 1.29 is 17.9 Å². The van der Waals surface area contributed by atoms with Crippen LogP contribution in [0.3, 0.4) is 0 Å². The summed E-state index contributed by atoms with van der Waals surface area (Å²) in [5.41, 5.74) is 5.07. The van der Waals surface area contributed by atoms with Gasteiger partial charge in [-0.1, -0.05) is 6.92 Å². The SMILES string of the molecule is CCN(CC(CN1[C@@H]2C[CH]C[C@@]1(C(N)=O)CC2)OC)S(C)(=O)=O. The van der Waals surface area contributed by atoms with Crippen molar-refractivity contribution in [2.45, 2.75) is 50.3 Å². The number of primary amides is 1. The van der Waals surface area contributed by atoms with Crippen molar-refractivity contribution in [1.82, 2.24) is 9.21 Å². The van der Waals surface area contributed by atoms with Gasteiger partial charge in [-0.05, 0) is 32.1 Å². The number of hydrogen-bond acceptors (Lipinski definition) is 5. The van der Waals surface area contributed by atoms with E-state index < -0.39 is 15.6 Å². The number of nitrogens with two attached hydrogens (primary N) is 1. The molecule has 2 bridgehead atoms. The molecule has 2 fully saturated rings. The predicted molar refractivity (Wildman–Crippen MR) is 88.1 cm³/mol. The summed E-state index contributed by atoms with van der Waals surface area (Å²) in [4.78, 5) is 14.2. The number of amides is 1. The monoisotopic (exact) mass is 346 g/mol. The van der Waals surface area contributed by atoms with Gasteiger partial charge >= 0.3 is 0 Å². The molecule has 8 heteroatoms. The van der Waals surface area contributed by atoms with Crippen LogP contribution in [-0.4, -0.2) is 74.2 Å². The highest BCUT2D eigenvalue weighted by molar-refractivity contribution is 7.88. The Morgan fingerprint density at radius 1 is 1.57 bits per heavy atom. The lowest BCUT2D eigenvalue weighted by molar-refractivity contribution is -0.132. The van der Waals surface area contributed by atoms with Crippen LogP contribution in [0.1, 0.15) is 32.6 Å². The number of likely N-dealkylation sites (N-methyl/N-ethyl adjacent to an activating group) is 1. The van der Waals surface area contributed by atoms with E-state index in [9.17, 15) is 13.2 Å². The number of hydrogen-bond donors (Lipinski definition) is 1. The van der Waals surface area contributed by atoms with E-state index in [0.717, 1.165) is 19.3 Å². The van der Waals surface area contributed by atoms with E-state index in [2.05, 4.69) is 11.3 Å². The number of nitrogens with zero attached hydrogens (tertiary/aromatic N) is 2. The second-order valence-corrected chi connectivity index (χ2v) is 8.52. The van der Waals surface area contributed by atoms with Crippen LogP contribution in [0.4, 0.5) is 0 Å². The van der Waals surface area contributed by atoms with Crippen molar-refractivity contribution in [2.75, 3.05) is 33.0 Å². The molecule has 0 aliphatic carbocycles. The van der Waals surface area contributed by atoms with Gasteiger partial charge in [0.2, 0.25) is 15.9 Å². The van der Waals surface area contributed by atoms with Crippen LogP contribution >= 0.6 is 0 Å². The number of rotatable bonds is 8. The third-order valence-electron chi connectivity index (χ3n) is 5.22. The van der Waals surface area contributed by atoms with Gasteiger partial charge in [-0.25, -0.2) is 8.42 Å². The van der Waals surface area contributed by atoms with Crippen molar-refractivity contribution in [3.63, 3.8) is 0 Å². The van der Waals surface area contributed by atoms with Crippen LogP contribution in [0.25, 0.3) is 0 Å². The fraction of sp³-hybridized carbons (Fsp3) is 0.867. The second kappa shape index (κ2) is 7.04. The number of methoxy groups -OCH3 is 1. The van der Waals surface area contributed by atoms with Crippen molar-refractivity contribution in [2.24, 2.45) is 5.73 Å². The maximum absolute atomic E-state index is 12.1. The largest absolute Gasteiger partial charge is 0.379 e. The Bertz CT molecular complexity index is 535. The van der Waals surface area contributed by atoms with Crippen LogP contribution in [0, 0.1) is 6.42 Å². The number of ether oxygens (including phenoxy) is 1. The summed E-state index contributed by atoms with van der Waals surface area (Å²) in [5.74, 6) is -0.290. The molecule has 0 aromatic heterocycles. The van der Waals surface area contributed by atoms with E-state index in [1.165, 1.54) is 10.6 Å². The van der Waals surface area contributed by atoms with E-state index in [-0.39, 0.29) is 18.6 Å². The van der Waals surface area contributed by atoms with Crippen LogP contribution in [0.15, 0.2) is 0 Å². The number of piperidine rings is 1. The standard InChI is InChI=1S/C15H28N3O4S/c1-4-17(23(3,20)21)10-13(22-2)11-18-12-6-5-8-15(18,9-7-12)14(16)19/h5,12-13H,4,6-11H2,1-3H3,(H2,16,19)/t12-,13?,15+/m1/s1. The smallest absolute Gasteiger partial charge is 0.237 e. The van der Waals surface area contributed by atoms with Gasteiger partial charge in [-0.15, -0.1) is 0 Å². The van der Waals surface area contributed by atoms with E-state index in [1.54, 1.807) is 14.0 Å². The Labute approximate surface area is 139 Å². The lowest BCUT2D eigenvalue weighted by Gasteiger charge is -2.44. The van der Waals surface area contributed by atoms with Crippen molar-refractivity contribution in [3.8, 4) is 0 Å². The molecule has 2 rings (SSSR count). The van der Waals surface area contributed by atoms with Gasteiger partial charge < -0.3 is 10.5 Å². The molecule has 0 aromatic rings. The summed E-state index contributed by atoms with van der Waals surface area (Å²) in [6.07, 6.45) is 6.38. The van der Waals surface area contributed by atoms with Gasteiger partial charge in [0.15, 0.2) is 0 Å². The average Bonchev–Trinajstić information content (AvgIpc) is 2.68. The molecule has 3 atom stereocenters. The molecular weight excluding hydrogens is 318 g/mol. The number of carbonyl (C=O) groups is 1. The van der Waals surface area contributed by atoms with Gasteiger partial charge in [0.25, 0.3) is 0 Å². The zero-order chi connectivity index (χ0) is 17.3. The molecule has 0 aromatic carbocycles. The molecule has 2 aliphatic heterocycles. The molecule has 1 radical (unpaired) electrons. The first-order valence-electron chi connectivity index (χ1n) is 8.11. The zero-order valence-electron chi connectivity index (χ0n) is 14.2. The molecule has 133 valence electrons. The maximum Gasteiger partial charge on any atom is 0.237 e. The minimum absolute atomic E-state index is 0.285. The Kier molecular flexibility index (Phi) is 5.71. The van der Waals surface area contributed by atoms with Crippen LogP contribution in [0.2, 0.25) is 0 Å². The Balaban J connectivity index is 2.13. The van der Waals surface area contributed by atoms with Gasteiger partial charge in [0, 0.05) is 32.8 Å². The lowest BCUT2D eigenvalue weighted by atomic mass is 9.87. The third-order valence-corrected chi connectivity index (χ3v) is 6.57. The van der Waals surface area contributed by atoms with Crippen LogP contribution in [0.5, 0.6) is 0 Å². The van der Waals surface area contributed by atoms with E-state index in [4.69, 9.17) is 10.5 Å². The quantitative estimate of drug-likeness (QED) is 0.666. The summed E-state index contributed by atoms with van der Waals surface area (Å²) in [6, 6.07) is 0.294. The summed E-state index contributed by atoms with van der Waals surface area (Å²) in [7, 11) is -1.69. The molecule has 2 aliphatic rings. The van der Waals surface area contributed by atoms with E-state index in [1.807, 2.05) is 0 Å². The van der Waals surface area contributed by atoms with Crippen molar-refractivity contribution >= 4 is 15.9 Å². The van der Waals surface area contributed by atoms with Crippen LogP contribution < -0.4 is 5.73 Å². The van der Waals surface area contributed by atoms with Crippen molar-refractivity contribution in [3.05, 3.63) is 6.42 Å². The third kappa shape index (κ3) is 3.70. The Hall–Kier alpha value is -0.700. The highest BCUT2D eigenvalue weighted by atomic mass is 32.2. The Morgan fingerprint density at radius 3 is 2.78 bits per heavy atom. The first kappa shape index (κ1) is 18.6. The summed E-state index contributed by atoms with van der Waals surface area (Å²) < 4.78 is 30.5. The van der Waals surface area contributed by atoms with E-state index >= 15 is 0 Å². The molecule has 0 spiro atoms. The number of sulfonamides is 1. The van der Waals surface area contributed by atoms with Gasteiger partial charge in [0.05, 0.1) is 12.4 Å².